The van der Waals surface area contributed by atoms with E-state index in [0.717, 1.165) is 51.6 Å². The molecule has 1 aliphatic heterocycles. The third kappa shape index (κ3) is 4.92. The second-order valence-electron chi connectivity index (χ2n) is 7.34. The Kier molecular flexibility index (Phi) is 6.26. The zero-order valence-corrected chi connectivity index (χ0v) is 15.0. The number of carbonyl (C=O) groups is 1. The molecule has 1 aliphatic carbocycles. The molecule has 0 aromatic carbocycles. The predicted molar refractivity (Wildman–Crippen MR) is 97.2 cm³/mol. The predicted octanol–water partition coefficient (Wildman–Crippen LogP) is 2.21. The highest BCUT2D eigenvalue weighted by atomic mass is 16.3. The molecule has 3 N–H and O–H groups in total. The van der Waals surface area contributed by atoms with Crippen LogP contribution in [0.4, 0.5) is 4.79 Å². The van der Waals surface area contributed by atoms with Crippen molar-refractivity contribution < 1.29 is 9.90 Å². The van der Waals surface area contributed by atoms with Gasteiger partial charge in [0, 0.05) is 37.6 Å². The number of carbonyl (C=O) groups excluding carboxylic acids is 1. The summed E-state index contributed by atoms with van der Waals surface area (Å²) in [6, 6.07) is 4.49. The Bertz CT molecular complexity index is 546. The molecule has 3 unspecified atom stereocenters. The Morgan fingerprint density at radius 2 is 1.84 bits per heavy atom. The molecule has 2 amide bonds. The number of rotatable bonds is 4. The first-order valence-electron chi connectivity index (χ1n) is 9.52. The van der Waals surface area contributed by atoms with Crippen LogP contribution < -0.4 is 10.6 Å². The van der Waals surface area contributed by atoms with Crippen LogP contribution in [-0.2, 0) is 0 Å². The van der Waals surface area contributed by atoms with Gasteiger partial charge >= 0.3 is 6.03 Å². The van der Waals surface area contributed by atoms with Gasteiger partial charge in [0.25, 0.3) is 0 Å². The number of urea groups is 1. The van der Waals surface area contributed by atoms with Gasteiger partial charge in [-0.2, -0.15) is 0 Å². The van der Waals surface area contributed by atoms with E-state index in [-0.39, 0.29) is 18.1 Å². The molecule has 1 saturated carbocycles. The summed E-state index contributed by atoms with van der Waals surface area (Å²) >= 11 is 0. The number of nitrogens with zero attached hydrogens (tertiary/aromatic N) is 2. The van der Waals surface area contributed by atoms with Crippen molar-refractivity contribution in [1.82, 2.24) is 20.5 Å². The lowest BCUT2D eigenvalue weighted by atomic mass is 9.93. The average Bonchev–Trinajstić information content (AvgIpc) is 2.64. The smallest absolute Gasteiger partial charge is 0.315 e. The van der Waals surface area contributed by atoms with Gasteiger partial charge in [-0.25, -0.2) is 4.79 Å². The minimum Gasteiger partial charge on any atom is -0.391 e. The minimum atomic E-state index is -0.400. The molecule has 2 fully saturated rings. The number of likely N-dealkylation sites (tertiary alicyclic amines) is 1. The fraction of sp³-hybridized carbons (Fsp3) is 0.684. The van der Waals surface area contributed by atoms with Gasteiger partial charge < -0.3 is 15.7 Å². The molecule has 2 aliphatic rings. The molecule has 3 rings (SSSR count). The van der Waals surface area contributed by atoms with Crippen molar-refractivity contribution in [3.63, 3.8) is 0 Å². The Morgan fingerprint density at radius 1 is 1.16 bits per heavy atom. The molecule has 3 atom stereocenters. The third-order valence-corrected chi connectivity index (χ3v) is 5.65. The van der Waals surface area contributed by atoms with Crippen LogP contribution in [0.25, 0.3) is 0 Å². The molecule has 1 saturated heterocycles. The zero-order chi connectivity index (χ0) is 17.6. The van der Waals surface area contributed by atoms with E-state index in [9.17, 15) is 9.90 Å². The van der Waals surface area contributed by atoms with Gasteiger partial charge in [-0.1, -0.05) is 12.8 Å². The van der Waals surface area contributed by atoms with E-state index in [4.69, 9.17) is 0 Å². The summed E-state index contributed by atoms with van der Waals surface area (Å²) in [4.78, 5) is 18.7. The van der Waals surface area contributed by atoms with E-state index < -0.39 is 6.10 Å². The number of hydrogen-bond acceptors (Lipinski definition) is 4. The lowest BCUT2D eigenvalue weighted by molar-refractivity contribution is 0.0931. The number of aliphatic hydroxyl groups excluding tert-OH is 1. The number of nitrogens with one attached hydrogen (secondary N) is 2. The molecule has 138 valence electrons. The van der Waals surface area contributed by atoms with Gasteiger partial charge in [-0.15, -0.1) is 0 Å². The standard InChI is InChI=1S/C19H30N4O2/c1-14(15-6-10-20-11-7-15)23-12-8-16(9-13-23)21-19(25)22-17-4-2-3-5-18(17)24/h6-7,10-11,14,16-18,24H,2-5,8-9,12-13H2,1H3,(H2,21,22,25). The first-order valence-corrected chi connectivity index (χ1v) is 9.52. The molecule has 6 heteroatoms. The van der Waals surface area contributed by atoms with Gasteiger partial charge in [0.15, 0.2) is 0 Å². The minimum absolute atomic E-state index is 0.0967. The lowest BCUT2D eigenvalue weighted by Gasteiger charge is -2.37. The van der Waals surface area contributed by atoms with Crippen molar-refractivity contribution in [1.29, 1.82) is 0 Å². The van der Waals surface area contributed by atoms with E-state index in [2.05, 4.69) is 39.6 Å². The van der Waals surface area contributed by atoms with E-state index in [1.807, 2.05) is 12.4 Å². The highest BCUT2D eigenvalue weighted by molar-refractivity contribution is 5.74. The summed E-state index contributed by atoms with van der Waals surface area (Å²) in [5, 5.41) is 16.0. The quantitative estimate of drug-likeness (QED) is 0.781. The van der Waals surface area contributed by atoms with Crippen LogP contribution in [-0.4, -0.2) is 52.3 Å². The maximum absolute atomic E-state index is 12.2. The zero-order valence-electron chi connectivity index (χ0n) is 15.0. The van der Waals surface area contributed by atoms with Crippen molar-refractivity contribution >= 4 is 6.03 Å². The topological polar surface area (TPSA) is 77.5 Å². The van der Waals surface area contributed by atoms with E-state index in [1.165, 1.54) is 5.56 Å². The van der Waals surface area contributed by atoms with E-state index in [1.54, 1.807) is 0 Å². The first kappa shape index (κ1) is 18.1. The number of amides is 2. The summed E-state index contributed by atoms with van der Waals surface area (Å²) in [5.41, 5.74) is 1.28. The van der Waals surface area contributed by atoms with Crippen LogP contribution >= 0.6 is 0 Å². The number of pyridine rings is 1. The fourth-order valence-corrected chi connectivity index (χ4v) is 3.96. The Balaban J connectivity index is 1.42. The second kappa shape index (κ2) is 8.63. The number of hydrogen-bond donors (Lipinski definition) is 3. The van der Waals surface area contributed by atoms with Gasteiger partial charge in [0.05, 0.1) is 12.1 Å². The fourth-order valence-electron chi connectivity index (χ4n) is 3.96. The van der Waals surface area contributed by atoms with Crippen molar-refractivity contribution in [3.05, 3.63) is 30.1 Å². The maximum atomic E-state index is 12.2. The summed E-state index contributed by atoms with van der Waals surface area (Å²) in [7, 11) is 0. The average molecular weight is 346 g/mol. The van der Waals surface area contributed by atoms with Crippen molar-refractivity contribution in [3.8, 4) is 0 Å². The largest absolute Gasteiger partial charge is 0.391 e. The molecule has 2 heterocycles. The third-order valence-electron chi connectivity index (χ3n) is 5.65. The number of aliphatic hydroxyl groups is 1. The molecule has 1 aromatic rings. The second-order valence-corrected chi connectivity index (χ2v) is 7.34. The normalized spacial score (nSPS) is 26.8. The van der Waals surface area contributed by atoms with Crippen LogP contribution in [0.1, 0.15) is 57.1 Å². The Morgan fingerprint density at radius 3 is 2.52 bits per heavy atom. The van der Waals surface area contributed by atoms with E-state index in [0.29, 0.717) is 6.04 Å². The lowest BCUT2D eigenvalue weighted by Crippen LogP contribution is -2.53. The van der Waals surface area contributed by atoms with Crippen LogP contribution in [0, 0.1) is 0 Å². The molecule has 25 heavy (non-hydrogen) atoms. The Hall–Kier alpha value is -1.66. The SMILES string of the molecule is CC(c1ccncc1)N1CCC(NC(=O)NC2CCCCC2O)CC1. The van der Waals surface area contributed by atoms with Crippen LogP contribution in [0.15, 0.2) is 24.5 Å². The summed E-state index contributed by atoms with van der Waals surface area (Å²) < 4.78 is 0. The summed E-state index contributed by atoms with van der Waals surface area (Å²) in [6.45, 7) is 4.17. The molecule has 0 spiro atoms. The van der Waals surface area contributed by atoms with Crippen molar-refractivity contribution in [2.45, 2.75) is 69.7 Å². The molecular formula is C19H30N4O2. The van der Waals surface area contributed by atoms with Gasteiger partial charge in [-0.05, 0) is 50.3 Å². The van der Waals surface area contributed by atoms with Gasteiger partial charge in [-0.3, -0.25) is 9.88 Å². The van der Waals surface area contributed by atoms with Gasteiger partial charge in [0.2, 0.25) is 0 Å². The Labute approximate surface area is 150 Å². The molecule has 0 bridgehead atoms. The number of aromatic nitrogens is 1. The first-order chi connectivity index (χ1) is 12.1. The van der Waals surface area contributed by atoms with Crippen LogP contribution in [0.2, 0.25) is 0 Å². The maximum Gasteiger partial charge on any atom is 0.315 e. The molecular weight excluding hydrogens is 316 g/mol. The highest BCUT2D eigenvalue weighted by Crippen LogP contribution is 2.24. The monoisotopic (exact) mass is 346 g/mol. The molecule has 0 radical (unpaired) electrons. The molecule has 1 aromatic heterocycles. The highest BCUT2D eigenvalue weighted by Gasteiger charge is 2.27. The van der Waals surface area contributed by atoms with Gasteiger partial charge in [0.1, 0.15) is 0 Å². The van der Waals surface area contributed by atoms with Crippen molar-refractivity contribution in [2.24, 2.45) is 0 Å². The van der Waals surface area contributed by atoms with Crippen LogP contribution in [0.3, 0.4) is 0 Å². The summed E-state index contributed by atoms with van der Waals surface area (Å²) in [6.07, 6.45) is 8.97. The number of piperidine rings is 1. The van der Waals surface area contributed by atoms with Crippen LogP contribution in [0.5, 0.6) is 0 Å². The van der Waals surface area contributed by atoms with Crippen molar-refractivity contribution in [2.75, 3.05) is 13.1 Å². The van der Waals surface area contributed by atoms with E-state index >= 15 is 0 Å². The molecule has 6 nitrogen and oxygen atoms in total. The summed E-state index contributed by atoms with van der Waals surface area (Å²) in [5.74, 6) is 0.